The monoisotopic (exact) mass is 866 g/mol. The first-order valence-electron chi connectivity index (χ1n) is 17.8. The summed E-state index contributed by atoms with van der Waals surface area (Å²) in [6, 6.07) is 24.1. The van der Waals surface area contributed by atoms with Crippen molar-refractivity contribution in [3.05, 3.63) is 142 Å². The minimum Gasteiger partial charge on any atom is -0.662 e. The van der Waals surface area contributed by atoms with Crippen LogP contribution in [0.5, 0.6) is 0 Å². The third kappa shape index (κ3) is 11.3. The van der Waals surface area contributed by atoms with Crippen molar-refractivity contribution in [1.29, 1.82) is 0 Å². The van der Waals surface area contributed by atoms with E-state index < -0.39 is 17.9 Å². The summed E-state index contributed by atoms with van der Waals surface area (Å²) in [6.45, 7) is 2.26. The van der Waals surface area contributed by atoms with Gasteiger partial charge in [-0.05, 0) is 85.1 Å². The molecule has 0 atom stereocenters. The number of nitrogens with zero attached hydrogens (tertiary/aromatic N) is 6. The van der Waals surface area contributed by atoms with Crippen LogP contribution in [0.2, 0.25) is 0 Å². The number of carboxylic acid groups (broad SMARTS) is 3. The number of pyridine rings is 4. The average Bonchev–Trinajstić information content (AvgIpc) is 4.04. The fourth-order valence-electron chi connectivity index (χ4n) is 5.66. The quantitative estimate of drug-likeness (QED) is 0.0696. The molecule has 7 heterocycles. The standard InChI is InChI=1S/C25H25N3S.C18H11N3O6.Ru/c1-2-3-4-5-8-20-13-14-21(29-20)12-11-19-17-24(22-9-6-15-26-22)28-25(18-19)23-10-7-16-27-23;22-16(23)9-1-3-19-12(5-9)14-7-11(18(26)27)8-15(21-14)13-6-10(17(24)25)2-4-20-13;/h6-7,9-18H,2-5,8H2,1H3;1-8H,(H,22,23)(H,24,25)(H,26,27);/q-2;;+2/b12-11+;;. The van der Waals surface area contributed by atoms with Gasteiger partial charge in [-0.25, -0.2) is 19.4 Å². The molecule has 288 valence electrons. The first-order valence-corrected chi connectivity index (χ1v) is 18.6. The van der Waals surface area contributed by atoms with E-state index in [4.69, 9.17) is 15.2 Å². The summed E-state index contributed by atoms with van der Waals surface area (Å²) < 4.78 is 0. The van der Waals surface area contributed by atoms with Gasteiger partial charge in [-0.3, -0.25) is 15.0 Å². The van der Waals surface area contributed by atoms with Gasteiger partial charge in [-0.1, -0.05) is 56.5 Å². The molecule has 0 radical (unpaired) electrons. The molecule has 0 saturated carbocycles. The van der Waals surface area contributed by atoms with Crippen LogP contribution in [0.4, 0.5) is 0 Å². The van der Waals surface area contributed by atoms with Gasteiger partial charge in [0.1, 0.15) is 0 Å². The number of aromatic nitrogens is 6. The Hall–Kier alpha value is -6.37. The molecule has 3 N–H and O–H groups in total. The minimum absolute atomic E-state index is 0. The van der Waals surface area contributed by atoms with Crippen LogP contribution in [0.15, 0.2) is 110 Å². The summed E-state index contributed by atoms with van der Waals surface area (Å²) >= 11 is 1.89. The third-order valence-electron chi connectivity index (χ3n) is 8.49. The minimum atomic E-state index is -1.23. The van der Waals surface area contributed by atoms with Crippen LogP contribution < -0.4 is 9.97 Å². The second-order valence-corrected chi connectivity index (χ2v) is 13.8. The predicted molar refractivity (Wildman–Crippen MR) is 214 cm³/mol. The van der Waals surface area contributed by atoms with Crippen molar-refractivity contribution in [3.8, 4) is 45.6 Å². The van der Waals surface area contributed by atoms with Gasteiger partial charge in [0.25, 0.3) is 0 Å². The molecule has 0 saturated heterocycles. The number of carboxylic acids is 3. The van der Waals surface area contributed by atoms with E-state index in [1.54, 1.807) is 12.4 Å². The SMILES string of the molecule is CCCCCCc1ccc(/C=C/c2cc(-c3ccc[n-]3)nc(-c3ccc[n-]3)c2)s1.O=C(O)c1ccnc(-c2cc(C(=O)O)cc(-c3cc(C(=O)O)ccn3)n2)c1.[Ru+2]. The van der Waals surface area contributed by atoms with Crippen LogP contribution in [0.25, 0.3) is 57.7 Å². The van der Waals surface area contributed by atoms with E-state index in [0.717, 1.165) is 28.3 Å². The number of aryl methyl sites for hydroxylation is 1. The molecule has 0 fully saturated rings. The maximum atomic E-state index is 11.5. The van der Waals surface area contributed by atoms with Crippen LogP contribution >= 0.6 is 11.3 Å². The van der Waals surface area contributed by atoms with Crippen molar-refractivity contribution >= 4 is 41.4 Å². The summed E-state index contributed by atoms with van der Waals surface area (Å²) in [5.41, 5.74) is 5.00. The zero-order chi connectivity index (χ0) is 39.4. The van der Waals surface area contributed by atoms with Crippen molar-refractivity contribution in [2.75, 3.05) is 0 Å². The second-order valence-electron chi connectivity index (χ2n) is 12.6. The topological polar surface area (TPSA) is 192 Å². The molecule has 7 aromatic heterocycles. The van der Waals surface area contributed by atoms with Crippen molar-refractivity contribution in [2.45, 2.75) is 39.0 Å². The molecule has 7 aromatic rings. The molecular weight excluding hydrogens is 830 g/mol. The van der Waals surface area contributed by atoms with Crippen molar-refractivity contribution in [1.82, 2.24) is 29.9 Å². The van der Waals surface area contributed by atoms with Gasteiger partial charge in [-0.15, -0.1) is 22.7 Å². The third-order valence-corrected chi connectivity index (χ3v) is 9.60. The Kier molecular flexibility index (Phi) is 14.7. The Bertz CT molecular complexity index is 2350. The van der Waals surface area contributed by atoms with E-state index in [0.29, 0.717) is 0 Å². The first kappa shape index (κ1) is 41.8. The average molecular weight is 866 g/mol. The Labute approximate surface area is 345 Å². The number of aromatic carboxylic acids is 3. The fourth-order valence-corrected chi connectivity index (χ4v) is 6.62. The van der Waals surface area contributed by atoms with Gasteiger partial charge in [0, 0.05) is 33.5 Å². The summed E-state index contributed by atoms with van der Waals surface area (Å²) in [5, 5.41) is 27.6. The van der Waals surface area contributed by atoms with Gasteiger partial charge < -0.3 is 25.3 Å². The maximum Gasteiger partial charge on any atom is 2.00 e. The van der Waals surface area contributed by atoms with E-state index in [1.165, 1.54) is 90.7 Å². The molecule has 0 aliphatic heterocycles. The second kappa shape index (κ2) is 20.0. The van der Waals surface area contributed by atoms with E-state index in [-0.39, 0.29) is 58.9 Å². The molecular formula is C43H36N6O6RuS. The van der Waals surface area contributed by atoms with E-state index >= 15 is 0 Å². The molecule has 0 bridgehead atoms. The largest absolute Gasteiger partial charge is 2.00 e. The predicted octanol–water partition coefficient (Wildman–Crippen LogP) is 8.98. The molecule has 0 spiro atoms. The van der Waals surface area contributed by atoms with Gasteiger partial charge in [0.05, 0.1) is 39.5 Å². The van der Waals surface area contributed by atoms with E-state index in [2.05, 4.69) is 68.3 Å². The Balaban J connectivity index is 0.000000214. The fraction of sp³-hybridized carbons (Fsp3) is 0.140. The Morgan fingerprint density at radius 3 is 1.63 bits per heavy atom. The Morgan fingerprint density at radius 2 is 1.14 bits per heavy atom. The molecule has 14 heteroatoms. The van der Waals surface area contributed by atoms with Gasteiger partial charge in [-0.2, -0.15) is 12.4 Å². The number of carbonyl (C=O) groups is 3. The van der Waals surface area contributed by atoms with Gasteiger partial charge in [0.15, 0.2) is 0 Å². The van der Waals surface area contributed by atoms with Crippen LogP contribution in [-0.4, -0.2) is 53.2 Å². The molecule has 0 aliphatic carbocycles. The molecule has 0 aromatic carbocycles. The van der Waals surface area contributed by atoms with Crippen molar-refractivity contribution in [2.24, 2.45) is 0 Å². The number of thiophene rings is 1. The molecule has 0 aliphatic rings. The smallest absolute Gasteiger partial charge is 0.662 e. The summed E-state index contributed by atoms with van der Waals surface area (Å²) in [6.07, 6.45) is 16.9. The van der Waals surface area contributed by atoms with Crippen molar-refractivity contribution < 1.29 is 49.2 Å². The number of hydrogen-bond donors (Lipinski definition) is 3. The van der Waals surface area contributed by atoms with Crippen LogP contribution in [0.1, 0.15) is 79.0 Å². The van der Waals surface area contributed by atoms with E-state index in [9.17, 15) is 19.5 Å². The number of unbranched alkanes of at least 4 members (excludes halogenated alkanes) is 3. The van der Waals surface area contributed by atoms with Crippen LogP contribution in [-0.2, 0) is 25.9 Å². The molecule has 7 rings (SSSR count). The summed E-state index contributed by atoms with van der Waals surface area (Å²) in [5.74, 6) is -3.56. The Morgan fingerprint density at radius 1 is 0.614 bits per heavy atom. The molecule has 0 amide bonds. The van der Waals surface area contributed by atoms with Crippen LogP contribution in [0.3, 0.4) is 0 Å². The molecule has 0 unspecified atom stereocenters. The molecule has 12 nitrogen and oxygen atoms in total. The normalized spacial score (nSPS) is 10.8. The number of hydrogen-bond acceptors (Lipinski definition) is 8. The maximum absolute atomic E-state index is 11.5. The number of rotatable bonds is 14. The zero-order valence-corrected chi connectivity index (χ0v) is 33.1. The van der Waals surface area contributed by atoms with E-state index in [1.807, 2.05) is 35.6 Å². The molecule has 57 heavy (non-hydrogen) atoms. The van der Waals surface area contributed by atoms with Gasteiger partial charge in [0.2, 0.25) is 0 Å². The van der Waals surface area contributed by atoms with Crippen molar-refractivity contribution in [3.63, 3.8) is 0 Å². The van der Waals surface area contributed by atoms with Gasteiger partial charge >= 0.3 is 37.4 Å². The summed E-state index contributed by atoms with van der Waals surface area (Å²) in [4.78, 5) is 62.5. The zero-order valence-electron chi connectivity index (χ0n) is 30.6. The van der Waals surface area contributed by atoms with Crippen LogP contribution in [0, 0.1) is 0 Å². The summed E-state index contributed by atoms with van der Waals surface area (Å²) in [7, 11) is 0. The first-order chi connectivity index (χ1) is 27.2.